The first-order valence-corrected chi connectivity index (χ1v) is 26.6. The van der Waals surface area contributed by atoms with Crippen molar-refractivity contribution in [2.75, 3.05) is 19.9 Å². The number of nitrogens with zero attached hydrogens (tertiary/aromatic N) is 1. The Morgan fingerprint density at radius 2 is 1.69 bits per heavy atom. The van der Waals surface area contributed by atoms with Crippen molar-refractivity contribution in [3.8, 4) is 28.7 Å². The van der Waals surface area contributed by atoms with E-state index in [-0.39, 0.29) is 42.0 Å². The largest absolute Gasteiger partial charge is 0.670 e. The van der Waals surface area contributed by atoms with E-state index in [4.69, 9.17) is 9.47 Å². The average molecular weight is 956 g/mol. The molecule has 10 nitrogen and oxygen atoms in total. The molecule has 68 heavy (non-hydrogen) atoms. The maximum absolute atomic E-state index is 16.4. The van der Waals surface area contributed by atoms with Gasteiger partial charge in [-0.15, -0.1) is 0 Å². The minimum absolute atomic E-state index is 0.00560. The van der Waals surface area contributed by atoms with Gasteiger partial charge in [-0.05, 0) is 157 Å². The summed E-state index contributed by atoms with van der Waals surface area (Å²) in [6.07, 6.45) is 7.31. The van der Waals surface area contributed by atoms with Crippen molar-refractivity contribution in [1.29, 1.82) is 0 Å². The summed E-state index contributed by atoms with van der Waals surface area (Å²) >= 11 is 0. The zero-order valence-corrected chi connectivity index (χ0v) is 40.8. The zero-order chi connectivity index (χ0) is 47.5. The van der Waals surface area contributed by atoms with E-state index in [0.717, 1.165) is 59.7 Å². The van der Waals surface area contributed by atoms with E-state index in [1.165, 1.54) is 22.1 Å². The van der Waals surface area contributed by atoms with Crippen LogP contribution in [0.25, 0.3) is 10.8 Å². The number of hydrogen-bond donors (Lipinski definition) is 6. The Morgan fingerprint density at radius 3 is 2.46 bits per heavy atom. The van der Waals surface area contributed by atoms with Gasteiger partial charge in [0.05, 0.1) is 30.8 Å². The number of aliphatic hydroxyl groups excluding tert-OH is 2. The molecule has 12 heteroatoms. The van der Waals surface area contributed by atoms with Crippen LogP contribution in [0.3, 0.4) is 0 Å². The fourth-order valence-corrected chi connectivity index (χ4v) is 14.1. The summed E-state index contributed by atoms with van der Waals surface area (Å²) in [7, 11) is 6.77. The summed E-state index contributed by atoms with van der Waals surface area (Å²) in [4.78, 5) is 20.8. The normalized spacial score (nSPS) is 23.7. The molecule has 6 aromatic rings. The predicted octanol–water partition coefficient (Wildman–Crippen LogP) is 9.52. The lowest BCUT2D eigenvalue weighted by Crippen LogP contribution is -2.61. The number of rotatable bonds is 11. The van der Waals surface area contributed by atoms with Gasteiger partial charge >= 0.3 is 0 Å². The van der Waals surface area contributed by atoms with E-state index in [9.17, 15) is 25.5 Å². The standard InChI is InChI=1S/C56H63N2O8S2/c1-4-36-13-14-37-8-7-9-39-31-67-68-32-41-25-50(62)56(42-21-35(29-57-2)22-43(59)26-42,28-33-12-16-47(60)49(23-33)66-44-10-5-6-11-44)55(64)52(41)53(63)40(20-34-18-19-58-30-34)24-38-15-17-48(61)54(65-3)46(38)27-45(36)51(37)39/h7-9,12-19,21-23,26,30,40-41,44,50,52-53,57,59-63H,4-6,10-11,20,24-25,27-29,31-32H2,1-3H3/q-1. The second-order valence-corrected chi connectivity index (χ2v) is 21.7. The number of phenols is 3. The molecule has 0 spiro atoms. The topological polar surface area (TPSA) is 163 Å². The van der Waals surface area contributed by atoms with Crippen LogP contribution in [0, 0.1) is 17.8 Å². The van der Waals surface area contributed by atoms with E-state index in [2.05, 4.69) is 47.6 Å². The third-order valence-electron chi connectivity index (χ3n) is 15.0. The molecule has 358 valence electrons. The van der Waals surface area contributed by atoms with Gasteiger partial charge in [-0.3, -0.25) is 4.79 Å². The monoisotopic (exact) mass is 955 g/mol. The molecule has 2 heterocycles. The molecule has 6 atom stereocenters. The summed E-state index contributed by atoms with van der Waals surface area (Å²) in [5.74, 6) is -0.279. The fourth-order valence-electron chi connectivity index (χ4n) is 11.6. The first kappa shape index (κ1) is 47.9. The summed E-state index contributed by atoms with van der Waals surface area (Å²) < 4.78 is 12.4. The molecule has 9 rings (SSSR count). The SMILES string of the molecule is CCc1ccc2cccc3c2c1Cc1c(ccc(O)c1OC)CC(Cc1cc[n-]c1)C(O)C1C(=O)C(Cc2ccc(O)c(OC4CCCC4)c2)(c2cc(O)cc(CNC)c2)C(O)CC1CSSC3. The number of aromatic hydroxyl groups is 3. The van der Waals surface area contributed by atoms with Crippen molar-refractivity contribution in [1.82, 2.24) is 10.3 Å². The number of phenolic OH excluding ortho intramolecular Hbond substituents is 3. The molecular weight excluding hydrogens is 893 g/mol. The molecule has 0 bridgehead atoms. The second kappa shape index (κ2) is 20.9. The molecule has 0 saturated heterocycles. The van der Waals surface area contributed by atoms with Gasteiger partial charge in [0, 0.05) is 36.0 Å². The van der Waals surface area contributed by atoms with Crippen LogP contribution in [-0.2, 0) is 54.6 Å². The van der Waals surface area contributed by atoms with Crippen molar-refractivity contribution in [3.05, 3.63) is 147 Å². The van der Waals surface area contributed by atoms with Gasteiger partial charge in [0.2, 0.25) is 0 Å². The second-order valence-electron chi connectivity index (χ2n) is 19.2. The summed E-state index contributed by atoms with van der Waals surface area (Å²) in [6.45, 7) is 2.58. The Balaban J connectivity index is 1.21. The maximum Gasteiger partial charge on any atom is 0.164 e. The summed E-state index contributed by atoms with van der Waals surface area (Å²) in [5.41, 5.74) is 6.49. The Kier molecular flexibility index (Phi) is 14.7. The smallest absolute Gasteiger partial charge is 0.164 e. The molecule has 6 unspecified atom stereocenters. The summed E-state index contributed by atoms with van der Waals surface area (Å²) in [6, 6.07) is 26.6. The Bertz CT molecular complexity index is 2740. The minimum atomic E-state index is -1.61. The molecule has 6 N–H and O–H groups in total. The highest BCUT2D eigenvalue weighted by atomic mass is 33.1. The number of benzene rings is 5. The third-order valence-corrected chi connectivity index (χ3v) is 17.4. The van der Waals surface area contributed by atoms with Crippen molar-refractivity contribution in [2.45, 2.75) is 107 Å². The van der Waals surface area contributed by atoms with Gasteiger partial charge in [-0.25, -0.2) is 0 Å². The Labute approximate surface area is 407 Å². The Morgan fingerprint density at radius 1 is 0.868 bits per heavy atom. The van der Waals surface area contributed by atoms with Crippen molar-refractivity contribution in [3.63, 3.8) is 0 Å². The van der Waals surface area contributed by atoms with Gasteiger partial charge in [0.15, 0.2) is 28.8 Å². The van der Waals surface area contributed by atoms with E-state index in [1.54, 1.807) is 77.5 Å². The van der Waals surface area contributed by atoms with E-state index < -0.39 is 35.4 Å². The number of nitrogens with one attached hydrogen (secondary N) is 1. The lowest BCUT2D eigenvalue weighted by Gasteiger charge is -2.49. The van der Waals surface area contributed by atoms with Crippen LogP contribution in [-0.4, -0.2) is 69.5 Å². The van der Waals surface area contributed by atoms with E-state index in [0.29, 0.717) is 59.9 Å². The highest BCUT2D eigenvalue weighted by Gasteiger charge is 2.57. The quantitative estimate of drug-likeness (QED) is 0.0684. The van der Waals surface area contributed by atoms with Gasteiger partial charge < -0.3 is 45.3 Å². The van der Waals surface area contributed by atoms with E-state index >= 15 is 4.79 Å². The first-order valence-electron chi connectivity index (χ1n) is 24.1. The number of ketones is 1. The van der Waals surface area contributed by atoms with Crippen LogP contribution in [0.4, 0.5) is 0 Å². The number of ether oxygens (including phenoxy) is 2. The maximum atomic E-state index is 16.4. The summed E-state index contributed by atoms with van der Waals surface area (Å²) in [5, 5.41) is 65.6. The lowest BCUT2D eigenvalue weighted by molar-refractivity contribution is -0.149. The molecular formula is C56H63N2O8S2-. The minimum Gasteiger partial charge on any atom is -0.670 e. The average Bonchev–Trinajstić information content (AvgIpc) is 4.05. The van der Waals surface area contributed by atoms with Crippen molar-refractivity contribution < 1.29 is 39.8 Å². The number of carbonyl (C=O) groups excluding carboxylic acids is 1. The molecule has 3 aliphatic rings. The van der Waals surface area contributed by atoms with Crippen LogP contribution in [0.2, 0.25) is 0 Å². The molecule has 1 aromatic heterocycles. The van der Waals surface area contributed by atoms with Gasteiger partial charge in [-0.2, -0.15) is 12.4 Å². The molecule has 2 aliphatic carbocycles. The number of hydrogen-bond acceptors (Lipinski definition) is 11. The molecule has 2 fully saturated rings. The van der Waals surface area contributed by atoms with Crippen LogP contribution in [0.1, 0.15) is 89.1 Å². The van der Waals surface area contributed by atoms with Crippen molar-refractivity contribution >= 4 is 38.1 Å². The van der Waals surface area contributed by atoms with Crippen molar-refractivity contribution in [2.24, 2.45) is 17.8 Å². The van der Waals surface area contributed by atoms with Gasteiger partial charge in [-0.1, -0.05) is 88.7 Å². The van der Waals surface area contributed by atoms with Crippen LogP contribution < -0.4 is 19.8 Å². The van der Waals surface area contributed by atoms with Gasteiger partial charge in [0.1, 0.15) is 5.75 Å². The fraction of sp³-hybridized carbons (Fsp3) is 0.411. The number of carbonyl (C=O) groups is 1. The highest BCUT2D eigenvalue weighted by Crippen LogP contribution is 2.51. The third kappa shape index (κ3) is 9.59. The number of Topliss-reactive ketones (excluding diaryl/α,β-unsaturated/α-hetero) is 1. The molecule has 1 aliphatic heterocycles. The predicted molar refractivity (Wildman–Crippen MR) is 271 cm³/mol. The number of aromatic nitrogens is 1. The van der Waals surface area contributed by atoms with E-state index in [1.807, 2.05) is 25.2 Å². The molecule has 5 aromatic carbocycles. The van der Waals surface area contributed by atoms with Crippen LogP contribution >= 0.6 is 21.6 Å². The zero-order valence-electron chi connectivity index (χ0n) is 39.1. The molecule has 0 amide bonds. The first-order chi connectivity index (χ1) is 33.0. The highest BCUT2D eigenvalue weighted by molar-refractivity contribution is 8.76. The van der Waals surface area contributed by atoms with Crippen LogP contribution in [0.15, 0.2) is 97.3 Å². The number of aryl methyl sites for hydroxylation is 1. The number of aliphatic hydroxyl groups is 2. The molecule has 0 radical (unpaired) electrons. The Hall–Kier alpha value is -5.11. The van der Waals surface area contributed by atoms with Crippen LogP contribution in [0.5, 0.6) is 28.7 Å². The lowest BCUT2D eigenvalue weighted by atomic mass is 9.55. The molecule has 2 saturated carbocycles. The number of fused-ring (bicyclic) bond motifs is 2. The van der Waals surface area contributed by atoms with Gasteiger partial charge in [0.25, 0.3) is 0 Å². The number of methoxy groups -OCH3 is 1.